The van der Waals surface area contributed by atoms with E-state index < -0.39 is 0 Å². The summed E-state index contributed by atoms with van der Waals surface area (Å²) in [5.74, 6) is 0. The second-order valence-corrected chi connectivity index (χ2v) is 5.29. The fourth-order valence-electron chi connectivity index (χ4n) is 2.09. The van der Waals surface area contributed by atoms with Crippen LogP contribution in [0.1, 0.15) is 45.6 Å². The third kappa shape index (κ3) is 5.42. The van der Waals surface area contributed by atoms with Crippen LogP contribution in [0.15, 0.2) is 18.2 Å². The van der Waals surface area contributed by atoms with Crippen LogP contribution in [-0.4, -0.2) is 19.6 Å². The first-order valence-corrected chi connectivity index (χ1v) is 7.84. The maximum absolute atomic E-state index is 6.38. The Kier molecular flexibility index (Phi) is 7.92. The fraction of sp³-hybridized carbons (Fsp3) is 0.625. The van der Waals surface area contributed by atoms with Crippen molar-refractivity contribution in [3.05, 3.63) is 28.8 Å². The van der Waals surface area contributed by atoms with Gasteiger partial charge in [-0.05, 0) is 44.0 Å². The van der Waals surface area contributed by atoms with Crippen LogP contribution in [0.2, 0.25) is 5.02 Å². The molecule has 0 aliphatic heterocycles. The van der Waals surface area contributed by atoms with Gasteiger partial charge in [0.2, 0.25) is 0 Å². The zero-order chi connectivity index (χ0) is 14.1. The van der Waals surface area contributed by atoms with Gasteiger partial charge >= 0.3 is 0 Å². The van der Waals surface area contributed by atoms with Crippen molar-refractivity contribution in [1.29, 1.82) is 0 Å². The fourth-order valence-corrected chi connectivity index (χ4v) is 2.34. The molecule has 0 radical (unpaired) electrons. The average molecular weight is 283 g/mol. The SMILES string of the molecule is CCCCN(CC)c1ccc(CNCCC)c(Cl)c1. The largest absolute Gasteiger partial charge is 0.372 e. The summed E-state index contributed by atoms with van der Waals surface area (Å²) in [6, 6.07) is 6.44. The quantitative estimate of drug-likeness (QED) is 0.673. The molecule has 0 bridgehead atoms. The van der Waals surface area contributed by atoms with E-state index in [-0.39, 0.29) is 0 Å². The van der Waals surface area contributed by atoms with E-state index in [4.69, 9.17) is 11.6 Å². The van der Waals surface area contributed by atoms with Crippen LogP contribution in [0.25, 0.3) is 0 Å². The highest BCUT2D eigenvalue weighted by atomic mass is 35.5. The second kappa shape index (κ2) is 9.22. The zero-order valence-corrected chi connectivity index (χ0v) is 13.3. The van der Waals surface area contributed by atoms with Gasteiger partial charge in [0.1, 0.15) is 0 Å². The topological polar surface area (TPSA) is 15.3 Å². The maximum atomic E-state index is 6.38. The number of hydrogen-bond acceptors (Lipinski definition) is 2. The van der Waals surface area contributed by atoms with Gasteiger partial charge < -0.3 is 10.2 Å². The summed E-state index contributed by atoms with van der Waals surface area (Å²) in [7, 11) is 0. The van der Waals surface area contributed by atoms with Crippen molar-refractivity contribution in [3.63, 3.8) is 0 Å². The van der Waals surface area contributed by atoms with Gasteiger partial charge in [-0.2, -0.15) is 0 Å². The van der Waals surface area contributed by atoms with E-state index in [0.29, 0.717) is 0 Å². The molecule has 0 unspecified atom stereocenters. The van der Waals surface area contributed by atoms with E-state index in [1.165, 1.54) is 24.1 Å². The molecule has 1 aromatic carbocycles. The predicted molar refractivity (Wildman–Crippen MR) is 86.2 cm³/mol. The standard InChI is InChI=1S/C16H27ClN2/c1-4-7-11-19(6-3)15-9-8-14(16(17)12-15)13-18-10-5-2/h8-9,12,18H,4-7,10-11,13H2,1-3H3. The van der Waals surface area contributed by atoms with Crippen LogP contribution in [-0.2, 0) is 6.54 Å². The summed E-state index contributed by atoms with van der Waals surface area (Å²) >= 11 is 6.38. The van der Waals surface area contributed by atoms with Crippen molar-refractivity contribution in [2.45, 2.75) is 46.6 Å². The summed E-state index contributed by atoms with van der Waals surface area (Å²) in [4.78, 5) is 2.39. The molecule has 0 amide bonds. The Labute approximate surface area is 123 Å². The summed E-state index contributed by atoms with van der Waals surface area (Å²) in [6.07, 6.45) is 3.60. The van der Waals surface area contributed by atoms with E-state index >= 15 is 0 Å². The summed E-state index contributed by atoms with van der Waals surface area (Å²) in [5, 5.41) is 4.26. The Morgan fingerprint density at radius 2 is 1.95 bits per heavy atom. The summed E-state index contributed by atoms with van der Waals surface area (Å²) in [5.41, 5.74) is 2.42. The number of anilines is 1. The highest BCUT2D eigenvalue weighted by molar-refractivity contribution is 6.31. The van der Waals surface area contributed by atoms with Gasteiger partial charge in [0.25, 0.3) is 0 Å². The molecule has 0 spiro atoms. The molecule has 108 valence electrons. The minimum atomic E-state index is 0.855. The van der Waals surface area contributed by atoms with Gasteiger partial charge in [-0.3, -0.25) is 0 Å². The molecule has 0 saturated heterocycles. The van der Waals surface area contributed by atoms with Crippen LogP contribution in [0, 0.1) is 0 Å². The van der Waals surface area contributed by atoms with Gasteiger partial charge in [-0.25, -0.2) is 0 Å². The number of nitrogens with one attached hydrogen (secondary N) is 1. The average Bonchev–Trinajstić information content (AvgIpc) is 2.42. The normalized spacial score (nSPS) is 10.7. The van der Waals surface area contributed by atoms with E-state index in [2.05, 4.69) is 49.2 Å². The Balaban J connectivity index is 2.68. The lowest BCUT2D eigenvalue weighted by Crippen LogP contribution is -2.23. The molecule has 0 atom stereocenters. The molecule has 19 heavy (non-hydrogen) atoms. The summed E-state index contributed by atoms with van der Waals surface area (Å²) < 4.78 is 0. The van der Waals surface area contributed by atoms with Crippen molar-refractivity contribution in [2.75, 3.05) is 24.5 Å². The van der Waals surface area contributed by atoms with Crippen molar-refractivity contribution < 1.29 is 0 Å². The van der Waals surface area contributed by atoms with Crippen LogP contribution in [0.3, 0.4) is 0 Å². The molecule has 1 rings (SSSR count). The van der Waals surface area contributed by atoms with Gasteiger partial charge in [-0.1, -0.05) is 37.9 Å². The predicted octanol–water partition coefficient (Wildman–Crippen LogP) is 4.47. The van der Waals surface area contributed by atoms with Gasteiger partial charge in [0, 0.05) is 30.3 Å². The molecule has 1 aromatic rings. The van der Waals surface area contributed by atoms with Gasteiger partial charge in [0.05, 0.1) is 0 Å². The number of rotatable bonds is 9. The zero-order valence-electron chi connectivity index (χ0n) is 12.5. The molecule has 0 saturated carbocycles. The van der Waals surface area contributed by atoms with Crippen LogP contribution < -0.4 is 10.2 Å². The monoisotopic (exact) mass is 282 g/mol. The van der Waals surface area contributed by atoms with E-state index in [1.807, 2.05) is 0 Å². The second-order valence-electron chi connectivity index (χ2n) is 4.89. The summed E-state index contributed by atoms with van der Waals surface area (Å²) in [6.45, 7) is 10.6. The van der Waals surface area contributed by atoms with E-state index in [9.17, 15) is 0 Å². The van der Waals surface area contributed by atoms with Crippen molar-refractivity contribution >= 4 is 17.3 Å². The Hall–Kier alpha value is -0.730. The third-order valence-electron chi connectivity index (χ3n) is 3.31. The number of nitrogens with zero attached hydrogens (tertiary/aromatic N) is 1. The minimum absolute atomic E-state index is 0.855. The first-order chi connectivity index (χ1) is 9.22. The van der Waals surface area contributed by atoms with Crippen LogP contribution in [0.5, 0.6) is 0 Å². The highest BCUT2D eigenvalue weighted by Gasteiger charge is 2.07. The molecule has 0 aromatic heterocycles. The number of benzene rings is 1. The number of hydrogen-bond donors (Lipinski definition) is 1. The minimum Gasteiger partial charge on any atom is -0.372 e. The first-order valence-electron chi connectivity index (χ1n) is 7.47. The molecular formula is C16H27ClN2. The van der Waals surface area contributed by atoms with Crippen molar-refractivity contribution in [2.24, 2.45) is 0 Å². The molecule has 0 fully saturated rings. The Morgan fingerprint density at radius 3 is 2.53 bits per heavy atom. The van der Waals surface area contributed by atoms with Crippen molar-refractivity contribution in [3.8, 4) is 0 Å². The molecule has 3 heteroatoms. The molecule has 1 N–H and O–H groups in total. The maximum Gasteiger partial charge on any atom is 0.0471 e. The third-order valence-corrected chi connectivity index (χ3v) is 3.66. The molecule has 0 heterocycles. The van der Waals surface area contributed by atoms with Gasteiger partial charge in [0.15, 0.2) is 0 Å². The molecule has 0 aliphatic carbocycles. The lowest BCUT2D eigenvalue weighted by molar-refractivity contribution is 0.675. The highest BCUT2D eigenvalue weighted by Crippen LogP contribution is 2.24. The lowest BCUT2D eigenvalue weighted by Gasteiger charge is -2.23. The Bertz CT molecular complexity index is 366. The molecule has 2 nitrogen and oxygen atoms in total. The smallest absolute Gasteiger partial charge is 0.0471 e. The molecular weight excluding hydrogens is 256 g/mol. The van der Waals surface area contributed by atoms with Crippen molar-refractivity contribution in [1.82, 2.24) is 5.32 Å². The van der Waals surface area contributed by atoms with E-state index in [1.54, 1.807) is 0 Å². The number of unbranched alkanes of at least 4 members (excludes halogenated alkanes) is 1. The first kappa shape index (κ1) is 16.3. The van der Waals surface area contributed by atoms with Crippen LogP contribution >= 0.6 is 11.6 Å². The van der Waals surface area contributed by atoms with E-state index in [0.717, 1.165) is 37.6 Å². The number of halogens is 1. The molecule has 0 aliphatic rings. The lowest BCUT2D eigenvalue weighted by atomic mass is 10.1. The Morgan fingerprint density at radius 1 is 1.16 bits per heavy atom. The van der Waals surface area contributed by atoms with Crippen LogP contribution in [0.4, 0.5) is 5.69 Å². The van der Waals surface area contributed by atoms with Gasteiger partial charge in [-0.15, -0.1) is 0 Å².